The Hall–Kier alpha value is -0.770. The van der Waals surface area contributed by atoms with Crippen LogP contribution in [0, 0.1) is 5.92 Å². The molecule has 0 spiro atoms. The normalized spacial score (nSPS) is 27.5. The summed E-state index contributed by atoms with van der Waals surface area (Å²) in [6.45, 7) is 4.01. The monoisotopic (exact) mass is 214 g/mol. The summed E-state index contributed by atoms with van der Waals surface area (Å²) < 4.78 is 0. The molecule has 0 bridgehead atoms. The van der Waals surface area contributed by atoms with E-state index in [0.717, 1.165) is 6.42 Å². The van der Waals surface area contributed by atoms with Gasteiger partial charge in [0.05, 0.1) is 12.6 Å². The highest BCUT2D eigenvalue weighted by atomic mass is 16.3. The van der Waals surface area contributed by atoms with E-state index in [1.165, 1.54) is 12.8 Å². The summed E-state index contributed by atoms with van der Waals surface area (Å²) in [5.41, 5.74) is 0. The maximum atomic E-state index is 11.7. The first-order valence-electron chi connectivity index (χ1n) is 5.70. The van der Waals surface area contributed by atoms with Crippen LogP contribution in [-0.4, -0.2) is 41.8 Å². The molecule has 0 radical (unpaired) electrons. The standard InChI is InChI=1S/C11H22N2O2/c1-8-5-4-6-10(8)12-11(15)13(3)9(2)7-14/h8-10,14H,4-7H2,1-3H3,(H,12,15). The van der Waals surface area contributed by atoms with Crippen LogP contribution in [0.1, 0.15) is 33.1 Å². The Kier molecular flexibility index (Phi) is 4.39. The molecular weight excluding hydrogens is 192 g/mol. The molecule has 4 heteroatoms. The number of likely N-dealkylation sites (N-methyl/N-ethyl adjacent to an activating group) is 1. The second-order valence-electron chi connectivity index (χ2n) is 4.61. The molecular formula is C11H22N2O2. The summed E-state index contributed by atoms with van der Waals surface area (Å²) in [6, 6.07) is 0.114. The van der Waals surface area contributed by atoms with Crippen molar-refractivity contribution in [3.63, 3.8) is 0 Å². The molecule has 2 N–H and O–H groups in total. The van der Waals surface area contributed by atoms with E-state index in [1.807, 2.05) is 6.92 Å². The van der Waals surface area contributed by atoms with Gasteiger partial charge in [-0.1, -0.05) is 13.3 Å². The Bertz CT molecular complexity index is 221. The average Bonchev–Trinajstić information content (AvgIpc) is 2.62. The Morgan fingerprint density at radius 3 is 2.73 bits per heavy atom. The maximum absolute atomic E-state index is 11.7. The van der Waals surface area contributed by atoms with Gasteiger partial charge in [-0.15, -0.1) is 0 Å². The van der Waals surface area contributed by atoms with Gasteiger partial charge in [0.25, 0.3) is 0 Å². The molecule has 0 aliphatic heterocycles. The highest BCUT2D eigenvalue weighted by Crippen LogP contribution is 2.24. The predicted octanol–water partition coefficient (Wildman–Crippen LogP) is 1.20. The lowest BCUT2D eigenvalue weighted by Gasteiger charge is -2.26. The van der Waals surface area contributed by atoms with E-state index < -0.39 is 0 Å². The minimum atomic E-state index is -0.123. The summed E-state index contributed by atoms with van der Waals surface area (Å²) in [5.74, 6) is 0.576. The molecule has 0 aromatic heterocycles. The van der Waals surface area contributed by atoms with Gasteiger partial charge in [0, 0.05) is 13.1 Å². The number of aliphatic hydroxyl groups excluding tert-OH is 1. The number of carbonyl (C=O) groups is 1. The third-order valence-corrected chi connectivity index (χ3v) is 3.42. The zero-order chi connectivity index (χ0) is 11.4. The lowest BCUT2D eigenvalue weighted by molar-refractivity contribution is 0.153. The van der Waals surface area contributed by atoms with E-state index in [0.29, 0.717) is 12.0 Å². The molecule has 1 rings (SSSR count). The van der Waals surface area contributed by atoms with Crippen molar-refractivity contribution in [3.8, 4) is 0 Å². The van der Waals surface area contributed by atoms with Crippen LogP contribution in [0.5, 0.6) is 0 Å². The van der Waals surface area contributed by atoms with Crippen molar-refractivity contribution < 1.29 is 9.90 Å². The largest absolute Gasteiger partial charge is 0.394 e. The first-order valence-corrected chi connectivity index (χ1v) is 5.70. The van der Waals surface area contributed by atoms with Gasteiger partial charge >= 0.3 is 6.03 Å². The molecule has 0 aromatic carbocycles. The van der Waals surface area contributed by atoms with Gasteiger partial charge in [-0.2, -0.15) is 0 Å². The first kappa shape index (κ1) is 12.3. The zero-order valence-corrected chi connectivity index (χ0v) is 9.86. The van der Waals surface area contributed by atoms with Crippen molar-refractivity contribution in [1.29, 1.82) is 0 Å². The maximum Gasteiger partial charge on any atom is 0.317 e. The van der Waals surface area contributed by atoms with Gasteiger partial charge in [-0.05, 0) is 25.7 Å². The molecule has 88 valence electrons. The van der Waals surface area contributed by atoms with Crippen LogP contribution in [0.2, 0.25) is 0 Å². The van der Waals surface area contributed by atoms with E-state index in [9.17, 15) is 4.79 Å². The molecule has 3 atom stereocenters. The Morgan fingerprint density at radius 2 is 2.27 bits per heavy atom. The molecule has 3 unspecified atom stereocenters. The Labute approximate surface area is 91.6 Å². The fourth-order valence-corrected chi connectivity index (χ4v) is 1.94. The average molecular weight is 214 g/mol. The number of hydrogen-bond donors (Lipinski definition) is 2. The van der Waals surface area contributed by atoms with E-state index in [2.05, 4.69) is 12.2 Å². The molecule has 1 fully saturated rings. The van der Waals surface area contributed by atoms with Gasteiger partial charge in [0.15, 0.2) is 0 Å². The predicted molar refractivity (Wildman–Crippen MR) is 59.6 cm³/mol. The molecule has 2 amide bonds. The van der Waals surface area contributed by atoms with Crippen LogP contribution in [0.3, 0.4) is 0 Å². The Balaban J connectivity index is 2.40. The molecule has 0 heterocycles. The summed E-state index contributed by atoms with van der Waals surface area (Å²) >= 11 is 0. The van der Waals surface area contributed by atoms with Crippen molar-refractivity contribution in [2.45, 2.75) is 45.2 Å². The number of hydrogen-bond acceptors (Lipinski definition) is 2. The molecule has 1 aliphatic rings. The van der Waals surface area contributed by atoms with Crippen LogP contribution in [0.15, 0.2) is 0 Å². The lowest BCUT2D eigenvalue weighted by Crippen LogP contribution is -2.48. The zero-order valence-electron chi connectivity index (χ0n) is 9.86. The SMILES string of the molecule is CC1CCCC1NC(=O)N(C)C(C)CO. The topological polar surface area (TPSA) is 52.6 Å². The second-order valence-corrected chi connectivity index (χ2v) is 4.61. The van der Waals surface area contributed by atoms with Gasteiger partial charge in [-0.25, -0.2) is 4.79 Å². The smallest absolute Gasteiger partial charge is 0.317 e. The second kappa shape index (κ2) is 5.35. The third-order valence-electron chi connectivity index (χ3n) is 3.42. The fraction of sp³-hybridized carbons (Fsp3) is 0.909. The Morgan fingerprint density at radius 1 is 1.60 bits per heavy atom. The van der Waals surface area contributed by atoms with Gasteiger partial charge < -0.3 is 15.3 Å². The first-order chi connectivity index (χ1) is 7.06. The summed E-state index contributed by atoms with van der Waals surface area (Å²) in [5, 5.41) is 12.0. The lowest BCUT2D eigenvalue weighted by atomic mass is 10.1. The molecule has 4 nitrogen and oxygen atoms in total. The quantitative estimate of drug-likeness (QED) is 0.741. The van der Waals surface area contributed by atoms with Crippen molar-refractivity contribution in [2.24, 2.45) is 5.92 Å². The van der Waals surface area contributed by atoms with Crippen LogP contribution in [-0.2, 0) is 0 Å². The number of amides is 2. The number of aliphatic hydroxyl groups is 1. The molecule has 0 saturated heterocycles. The van der Waals surface area contributed by atoms with Crippen molar-refractivity contribution in [2.75, 3.05) is 13.7 Å². The van der Waals surface area contributed by atoms with Crippen LogP contribution >= 0.6 is 0 Å². The number of carbonyl (C=O) groups excluding carboxylic acids is 1. The van der Waals surface area contributed by atoms with Gasteiger partial charge in [0.2, 0.25) is 0 Å². The minimum Gasteiger partial charge on any atom is -0.394 e. The van der Waals surface area contributed by atoms with E-state index in [-0.39, 0.29) is 18.7 Å². The van der Waals surface area contributed by atoms with Gasteiger partial charge in [0.1, 0.15) is 0 Å². The van der Waals surface area contributed by atoms with E-state index >= 15 is 0 Å². The summed E-state index contributed by atoms with van der Waals surface area (Å²) in [6.07, 6.45) is 3.48. The van der Waals surface area contributed by atoms with Crippen molar-refractivity contribution in [3.05, 3.63) is 0 Å². The molecule has 15 heavy (non-hydrogen) atoms. The minimum absolute atomic E-state index is 0.00411. The summed E-state index contributed by atoms with van der Waals surface area (Å²) in [7, 11) is 1.72. The van der Waals surface area contributed by atoms with Crippen molar-refractivity contribution >= 4 is 6.03 Å². The highest BCUT2D eigenvalue weighted by molar-refractivity contribution is 5.74. The van der Waals surface area contributed by atoms with E-state index in [1.54, 1.807) is 11.9 Å². The van der Waals surface area contributed by atoms with E-state index in [4.69, 9.17) is 5.11 Å². The number of urea groups is 1. The van der Waals surface area contributed by atoms with Crippen molar-refractivity contribution in [1.82, 2.24) is 10.2 Å². The van der Waals surface area contributed by atoms with Crippen LogP contribution in [0.25, 0.3) is 0 Å². The summed E-state index contributed by atoms with van der Waals surface area (Å²) in [4.78, 5) is 13.3. The highest BCUT2D eigenvalue weighted by Gasteiger charge is 2.26. The van der Waals surface area contributed by atoms with Crippen LogP contribution < -0.4 is 5.32 Å². The molecule has 1 aliphatic carbocycles. The number of nitrogens with one attached hydrogen (secondary N) is 1. The molecule has 0 aromatic rings. The third kappa shape index (κ3) is 3.09. The number of rotatable bonds is 3. The van der Waals surface area contributed by atoms with Crippen LogP contribution in [0.4, 0.5) is 4.79 Å². The van der Waals surface area contributed by atoms with Gasteiger partial charge in [-0.3, -0.25) is 0 Å². The molecule has 1 saturated carbocycles. The number of nitrogens with zero attached hydrogens (tertiary/aromatic N) is 1. The fourth-order valence-electron chi connectivity index (χ4n) is 1.94.